The molecule has 4 heteroatoms. The number of hydrogen-bond donors (Lipinski definition) is 1. The van der Waals surface area contributed by atoms with Gasteiger partial charge in [-0.2, -0.15) is 9.61 Å². The average Bonchev–Trinajstić information content (AvgIpc) is 2.80. The molecule has 3 aromatic rings. The number of nitrogens with two attached hydrogens (primary N) is 1. The van der Waals surface area contributed by atoms with Crippen molar-refractivity contribution in [1.82, 2.24) is 14.6 Å². The first-order chi connectivity index (χ1) is 9.24. The van der Waals surface area contributed by atoms with E-state index >= 15 is 0 Å². The molecule has 0 aliphatic carbocycles. The molecule has 1 aromatic carbocycles. The molecule has 2 N–H and O–H groups in total. The van der Waals surface area contributed by atoms with Gasteiger partial charge in [0, 0.05) is 17.3 Å². The molecule has 0 aliphatic heterocycles. The third-order valence-electron chi connectivity index (χ3n) is 3.24. The topological polar surface area (TPSA) is 56.2 Å². The molecule has 0 saturated carbocycles. The summed E-state index contributed by atoms with van der Waals surface area (Å²) < 4.78 is 1.68. The van der Waals surface area contributed by atoms with Crippen LogP contribution in [0.25, 0.3) is 5.65 Å². The number of benzene rings is 1. The van der Waals surface area contributed by atoms with Crippen LogP contribution in [0, 0.1) is 6.92 Å². The number of rotatable bonds is 3. The standard InChI is InChI=1S/C15H16N4/c1-11-10-17-19-14(16)9-13(18-15(11)19)8-7-12-5-3-2-4-6-12/h2-6,9-10H,7-8,16H2,1H3. The number of nitrogens with zero attached hydrogens (tertiary/aromatic N) is 3. The fourth-order valence-corrected chi connectivity index (χ4v) is 2.19. The molecule has 0 amide bonds. The Morgan fingerprint density at radius 3 is 2.74 bits per heavy atom. The average molecular weight is 252 g/mol. The second kappa shape index (κ2) is 4.72. The number of hydrogen-bond acceptors (Lipinski definition) is 3. The van der Waals surface area contributed by atoms with Gasteiger partial charge in [0.1, 0.15) is 5.82 Å². The predicted octanol–water partition coefficient (Wildman–Crippen LogP) is 2.41. The lowest BCUT2D eigenvalue weighted by atomic mass is 10.1. The molecule has 0 atom stereocenters. The lowest BCUT2D eigenvalue weighted by Gasteiger charge is -2.05. The molecule has 96 valence electrons. The zero-order chi connectivity index (χ0) is 13.2. The van der Waals surface area contributed by atoms with Gasteiger partial charge in [0.05, 0.1) is 6.20 Å². The fraction of sp³-hybridized carbons (Fsp3) is 0.200. The predicted molar refractivity (Wildman–Crippen MR) is 76.0 cm³/mol. The number of nitrogen functional groups attached to an aromatic ring is 1. The number of aryl methyl sites for hydroxylation is 3. The van der Waals surface area contributed by atoms with Gasteiger partial charge in [-0.25, -0.2) is 4.98 Å². The Kier molecular flexibility index (Phi) is 2.91. The summed E-state index contributed by atoms with van der Waals surface area (Å²) in [7, 11) is 0. The second-order valence-corrected chi connectivity index (χ2v) is 4.72. The van der Waals surface area contributed by atoms with Gasteiger partial charge in [0.25, 0.3) is 0 Å². The highest BCUT2D eigenvalue weighted by atomic mass is 15.3. The van der Waals surface area contributed by atoms with E-state index in [4.69, 9.17) is 5.73 Å². The van der Waals surface area contributed by atoms with E-state index in [1.165, 1.54) is 5.56 Å². The molecule has 0 aliphatic rings. The van der Waals surface area contributed by atoms with Crippen LogP contribution in [0.15, 0.2) is 42.6 Å². The molecule has 0 bridgehead atoms. The van der Waals surface area contributed by atoms with Crippen molar-refractivity contribution >= 4 is 11.5 Å². The Morgan fingerprint density at radius 2 is 1.95 bits per heavy atom. The third-order valence-corrected chi connectivity index (χ3v) is 3.24. The summed E-state index contributed by atoms with van der Waals surface area (Å²) in [5.41, 5.74) is 10.2. The van der Waals surface area contributed by atoms with E-state index in [9.17, 15) is 0 Å². The highest BCUT2D eigenvalue weighted by Gasteiger charge is 2.07. The van der Waals surface area contributed by atoms with Gasteiger partial charge in [0.15, 0.2) is 5.65 Å². The zero-order valence-electron chi connectivity index (χ0n) is 10.9. The number of fused-ring (bicyclic) bond motifs is 1. The van der Waals surface area contributed by atoms with Crippen molar-refractivity contribution in [2.75, 3.05) is 5.73 Å². The summed E-state index contributed by atoms with van der Waals surface area (Å²) in [5, 5.41) is 4.21. The molecule has 19 heavy (non-hydrogen) atoms. The van der Waals surface area contributed by atoms with E-state index in [1.807, 2.05) is 19.1 Å². The molecule has 0 radical (unpaired) electrons. The first-order valence-electron chi connectivity index (χ1n) is 6.38. The maximum absolute atomic E-state index is 6.00. The van der Waals surface area contributed by atoms with Crippen molar-refractivity contribution in [1.29, 1.82) is 0 Å². The van der Waals surface area contributed by atoms with E-state index < -0.39 is 0 Å². The first-order valence-corrected chi connectivity index (χ1v) is 6.38. The van der Waals surface area contributed by atoms with Crippen molar-refractivity contribution in [2.24, 2.45) is 0 Å². The van der Waals surface area contributed by atoms with Crippen LogP contribution < -0.4 is 5.73 Å². The molecular formula is C15H16N4. The monoisotopic (exact) mass is 252 g/mol. The van der Waals surface area contributed by atoms with Gasteiger partial charge in [-0.05, 0) is 25.3 Å². The summed E-state index contributed by atoms with van der Waals surface area (Å²) in [6.45, 7) is 2.00. The van der Waals surface area contributed by atoms with Crippen LogP contribution in [0.1, 0.15) is 16.8 Å². The van der Waals surface area contributed by atoms with Crippen molar-refractivity contribution in [3.63, 3.8) is 0 Å². The van der Waals surface area contributed by atoms with Gasteiger partial charge < -0.3 is 5.73 Å². The minimum atomic E-state index is 0.640. The van der Waals surface area contributed by atoms with Crippen LogP contribution in [-0.4, -0.2) is 14.6 Å². The van der Waals surface area contributed by atoms with Crippen LogP contribution in [0.5, 0.6) is 0 Å². The third kappa shape index (κ3) is 2.29. The van der Waals surface area contributed by atoms with Gasteiger partial charge >= 0.3 is 0 Å². The van der Waals surface area contributed by atoms with Crippen molar-refractivity contribution in [2.45, 2.75) is 19.8 Å². The van der Waals surface area contributed by atoms with E-state index in [0.29, 0.717) is 5.82 Å². The molecule has 0 saturated heterocycles. The highest BCUT2D eigenvalue weighted by Crippen LogP contribution is 2.14. The minimum absolute atomic E-state index is 0.640. The molecule has 2 aromatic heterocycles. The maximum Gasteiger partial charge on any atom is 0.160 e. The Bertz CT molecular complexity index is 701. The van der Waals surface area contributed by atoms with Crippen LogP contribution in [0.4, 0.5) is 5.82 Å². The highest BCUT2D eigenvalue weighted by molar-refractivity contribution is 5.52. The van der Waals surface area contributed by atoms with Crippen molar-refractivity contribution < 1.29 is 0 Å². The van der Waals surface area contributed by atoms with Crippen LogP contribution in [0.3, 0.4) is 0 Å². The smallest absolute Gasteiger partial charge is 0.160 e. The molecule has 0 unspecified atom stereocenters. The summed E-state index contributed by atoms with van der Waals surface area (Å²) >= 11 is 0. The fourth-order valence-electron chi connectivity index (χ4n) is 2.19. The maximum atomic E-state index is 6.00. The largest absolute Gasteiger partial charge is 0.384 e. The first kappa shape index (κ1) is 11.7. The molecule has 0 fully saturated rings. The Labute approximate surface area is 111 Å². The van der Waals surface area contributed by atoms with Crippen LogP contribution in [-0.2, 0) is 12.8 Å². The van der Waals surface area contributed by atoms with Crippen molar-refractivity contribution in [3.8, 4) is 0 Å². The Balaban J connectivity index is 1.87. The number of anilines is 1. The SMILES string of the molecule is Cc1cnn2c(N)cc(CCc3ccccc3)nc12. The summed E-state index contributed by atoms with van der Waals surface area (Å²) in [6, 6.07) is 12.3. The molecule has 4 nitrogen and oxygen atoms in total. The van der Waals surface area contributed by atoms with E-state index in [1.54, 1.807) is 10.7 Å². The number of aromatic nitrogens is 3. The minimum Gasteiger partial charge on any atom is -0.384 e. The van der Waals surface area contributed by atoms with Gasteiger partial charge in [-0.1, -0.05) is 30.3 Å². The summed E-state index contributed by atoms with van der Waals surface area (Å²) in [5.74, 6) is 0.640. The second-order valence-electron chi connectivity index (χ2n) is 4.72. The molecule has 3 rings (SSSR count). The lowest BCUT2D eigenvalue weighted by molar-refractivity contribution is 0.883. The normalized spacial score (nSPS) is 11.0. The van der Waals surface area contributed by atoms with Gasteiger partial charge in [0.2, 0.25) is 0 Å². The lowest BCUT2D eigenvalue weighted by Crippen LogP contribution is -2.04. The van der Waals surface area contributed by atoms with E-state index in [2.05, 4.69) is 34.3 Å². The molecular weight excluding hydrogens is 236 g/mol. The van der Waals surface area contributed by atoms with Crippen LogP contribution >= 0.6 is 0 Å². The zero-order valence-corrected chi connectivity index (χ0v) is 10.9. The van der Waals surface area contributed by atoms with Gasteiger partial charge in [-0.15, -0.1) is 0 Å². The van der Waals surface area contributed by atoms with Crippen LogP contribution in [0.2, 0.25) is 0 Å². The van der Waals surface area contributed by atoms with Gasteiger partial charge in [-0.3, -0.25) is 0 Å². The quantitative estimate of drug-likeness (QED) is 0.778. The van der Waals surface area contributed by atoms with Crippen molar-refractivity contribution in [3.05, 3.63) is 59.4 Å². The van der Waals surface area contributed by atoms with E-state index in [-0.39, 0.29) is 0 Å². The molecule has 2 heterocycles. The molecule has 0 spiro atoms. The summed E-state index contributed by atoms with van der Waals surface area (Å²) in [4.78, 5) is 4.63. The Hall–Kier alpha value is -2.36. The summed E-state index contributed by atoms with van der Waals surface area (Å²) in [6.07, 6.45) is 3.64. The Morgan fingerprint density at radius 1 is 1.16 bits per heavy atom. The van der Waals surface area contributed by atoms with E-state index in [0.717, 1.165) is 29.7 Å².